The molecule has 0 amide bonds. The molecule has 136 valence electrons. The zero-order valence-electron chi connectivity index (χ0n) is 15.4. The lowest BCUT2D eigenvalue weighted by Gasteiger charge is -2.33. The highest BCUT2D eigenvalue weighted by atomic mass is 35.5. The van der Waals surface area contributed by atoms with Crippen LogP contribution in [0, 0.1) is 6.92 Å². The molecule has 26 heavy (non-hydrogen) atoms. The van der Waals surface area contributed by atoms with Crippen LogP contribution in [-0.2, 0) is 6.42 Å². The second-order valence-corrected chi connectivity index (χ2v) is 8.41. The molecule has 1 saturated heterocycles. The molecule has 0 N–H and O–H groups in total. The molecule has 6 heteroatoms. The number of fused-ring (bicyclic) bond motifs is 1. The van der Waals surface area contributed by atoms with Crippen LogP contribution in [0.5, 0.6) is 0 Å². The summed E-state index contributed by atoms with van der Waals surface area (Å²) in [6, 6.07) is 8.86. The van der Waals surface area contributed by atoms with Crippen molar-refractivity contribution >= 4 is 39.0 Å². The largest absolute Gasteiger partial charge is 0.353 e. The number of aryl methyl sites for hydroxylation is 2. The maximum absolute atomic E-state index is 6.27. The molecule has 0 radical (unpaired) electrons. The van der Waals surface area contributed by atoms with Crippen LogP contribution < -0.4 is 4.90 Å². The number of halogens is 1. The van der Waals surface area contributed by atoms with Crippen molar-refractivity contribution in [1.29, 1.82) is 0 Å². The minimum atomic E-state index is 0.334. The number of nitrogens with zero attached hydrogens (tertiary/aromatic N) is 4. The van der Waals surface area contributed by atoms with Crippen molar-refractivity contribution in [2.45, 2.75) is 20.3 Å². The highest BCUT2D eigenvalue weighted by molar-refractivity contribution is 7.19. The van der Waals surface area contributed by atoms with E-state index in [2.05, 4.69) is 64.9 Å². The van der Waals surface area contributed by atoms with Gasteiger partial charge in [0, 0.05) is 36.6 Å². The Hall–Kier alpha value is -1.69. The summed E-state index contributed by atoms with van der Waals surface area (Å²) in [5.74, 6) is 0.979. The molecular weight excluding hydrogens is 364 g/mol. The first-order chi connectivity index (χ1) is 12.6. The maximum atomic E-state index is 6.27. The monoisotopic (exact) mass is 386 g/mol. The third-order valence-corrected chi connectivity index (χ3v) is 6.30. The van der Waals surface area contributed by atoms with E-state index >= 15 is 0 Å². The number of aromatic nitrogens is 2. The zero-order chi connectivity index (χ0) is 18.3. The van der Waals surface area contributed by atoms with E-state index in [-0.39, 0.29) is 0 Å². The van der Waals surface area contributed by atoms with Crippen LogP contribution in [0.1, 0.15) is 17.4 Å². The van der Waals surface area contributed by atoms with E-state index in [9.17, 15) is 0 Å². The number of likely N-dealkylation sites (N-methyl/N-ethyl adjacent to an activating group) is 1. The molecule has 3 heterocycles. The Morgan fingerprint density at radius 1 is 1.08 bits per heavy atom. The summed E-state index contributed by atoms with van der Waals surface area (Å²) < 4.78 is 0. The van der Waals surface area contributed by atoms with E-state index in [1.54, 1.807) is 11.3 Å². The van der Waals surface area contributed by atoms with E-state index in [0.717, 1.165) is 48.6 Å². The summed E-state index contributed by atoms with van der Waals surface area (Å²) in [7, 11) is 2.16. The van der Waals surface area contributed by atoms with Crippen LogP contribution in [0.4, 0.5) is 5.82 Å². The topological polar surface area (TPSA) is 32.3 Å². The van der Waals surface area contributed by atoms with Crippen LogP contribution >= 0.6 is 22.9 Å². The number of benzene rings is 1. The fraction of sp³-hybridized carbons (Fsp3) is 0.400. The summed E-state index contributed by atoms with van der Waals surface area (Å²) in [6.45, 7) is 8.34. The predicted molar refractivity (Wildman–Crippen MR) is 112 cm³/mol. The summed E-state index contributed by atoms with van der Waals surface area (Å²) in [5.41, 5.74) is 3.83. The third kappa shape index (κ3) is 3.20. The van der Waals surface area contributed by atoms with Gasteiger partial charge in [0.25, 0.3) is 0 Å². The van der Waals surface area contributed by atoms with Crippen molar-refractivity contribution in [2.24, 2.45) is 0 Å². The normalized spacial score (nSPS) is 15.8. The van der Waals surface area contributed by atoms with Gasteiger partial charge in [0.05, 0.1) is 5.39 Å². The third-order valence-electron chi connectivity index (χ3n) is 5.13. The van der Waals surface area contributed by atoms with Crippen LogP contribution in [-0.4, -0.2) is 48.1 Å². The van der Waals surface area contributed by atoms with Crippen molar-refractivity contribution < 1.29 is 0 Å². The fourth-order valence-corrected chi connectivity index (χ4v) is 4.82. The van der Waals surface area contributed by atoms with Crippen LogP contribution in [0.3, 0.4) is 0 Å². The van der Waals surface area contributed by atoms with E-state index in [4.69, 9.17) is 11.6 Å². The van der Waals surface area contributed by atoms with E-state index in [1.165, 1.54) is 21.6 Å². The zero-order valence-corrected chi connectivity index (χ0v) is 17.0. The summed E-state index contributed by atoms with van der Waals surface area (Å²) in [6.07, 6.45) is 1.05. The smallest absolute Gasteiger partial charge is 0.225 e. The molecule has 3 aromatic rings. The van der Waals surface area contributed by atoms with Crippen LogP contribution in [0.2, 0.25) is 5.28 Å². The maximum Gasteiger partial charge on any atom is 0.225 e. The van der Waals surface area contributed by atoms with E-state index < -0.39 is 0 Å². The highest BCUT2D eigenvalue weighted by Gasteiger charge is 2.23. The predicted octanol–water partition coefficient (Wildman–Crippen LogP) is 4.63. The summed E-state index contributed by atoms with van der Waals surface area (Å²) in [4.78, 5) is 16.1. The highest BCUT2D eigenvalue weighted by Crippen LogP contribution is 2.42. The molecule has 2 aromatic heterocycles. The van der Waals surface area contributed by atoms with Crippen molar-refractivity contribution in [1.82, 2.24) is 14.9 Å². The Labute approximate surface area is 163 Å². The fourth-order valence-electron chi connectivity index (χ4n) is 3.57. The number of rotatable bonds is 3. The van der Waals surface area contributed by atoms with Gasteiger partial charge in [0.2, 0.25) is 5.28 Å². The Balaban J connectivity index is 1.88. The van der Waals surface area contributed by atoms with Gasteiger partial charge in [0.15, 0.2) is 0 Å². The second kappa shape index (κ2) is 7.14. The Morgan fingerprint density at radius 3 is 2.42 bits per heavy atom. The average molecular weight is 387 g/mol. The number of hydrogen-bond acceptors (Lipinski definition) is 5. The molecule has 0 saturated carbocycles. The number of anilines is 1. The van der Waals surface area contributed by atoms with Gasteiger partial charge in [-0.05, 0) is 43.1 Å². The van der Waals surface area contributed by atoms with Gasteiger partial charge in [-0.2, -0.15) is 4.98 Å². The molecule has 0 atom stereocenters. The van der Waals surface area contributed by atoms with E-state index in [0.29, 0.717) is 5.28 Å². The lowest BCUT2D eigenvalue weighted by atomic mass is 10.0. The second-order valence-electron chi connectivity index (χ2n) is 6.87. The quantitative estimate of drug-likeness (QED) is 0.614. The van der Waals surface area contributed by atoms with Gasteiger partial charge >= 0.3 is 0 Å². The Morgan fingerprint density at radius 2 is 1.77 bits per heavy atom. The summed E-state index contributed by atoms with van der Waals surface area (Å²) in [5, 5.41) is 1.48. The standard InChI is InChI=1S/C20H23ClN4S/c1-4-14-5-7-15(8-6-14)16-13(2)26-19-17(16)18(22-20(21)23-19)25-11-9-24(3)10-12-25/h5-8H,4,9-12H2,1-3H3. The lowest BCUT2D eigenvalue weighted by Crippen LogP contribution is -2.44. The van der Waals surface area contributed by atoms with Gasteiger partial charge in [0.1, 0.15) is 10.6 Å². The average Bonchev–Trinajstić information content (AvgIpc) is 2.97. The first kappa shape index (κ1) is 17.7. The number of thiophene rings is 1. The molecule has 1 aliphatic heterocycles. The molecule has 0 aliphatic carbocycles. The molecule has 1 fully saturated rings. The lowest BCUT2D eigenvalue weighted by molar-refractivity contribution is 0.312. The first-order valence-corrected chi connectivity index (χ1v) is 10.3. The number of hydrogen-bond donors (Lipinski definition) is 0. The minimum absolute atomic E-state index is 0.334. The van der Waals surface area contributed by atoms with Crippen molar-refractivity contribution in [2.75, 3.05) is 38.1 Å². The first-order valence-electron chi connectivity index (χ1n) is 9.06. The van der Waals surface area contributed by atoms with Gasteiger partial charge in [-0.1, -0.05) is 31.2 Å². The van der Waals surface area contributed by atoms with Gasteiger partial charge < -0.3 is 9.80 Å². The molecule has 4 nitrogen and oxygen atoms in total. The Bertz CT molecular complexity index is 927. The van der Waals surface area contributed by atoms with Gasteiger partial charge in [-0.3, -0.25) is 0 Å². The van der Waals surface area contributed by atoms with Crippen molar-refractivity contribution in [3.8, 4) is 11.1 Å². The SMILES string of the molecule is CCc1ccc(-c2c(C)sc3nc(Cl)nc(N4CCN(C)CC4)c23)cc1. The van der Waals surface area contributed by atoms with Gasteiger partial charge in [-0.25, -0.2) is 4.98 Å². The minimum Gasteiger partial charge on any atom is -0.353 e. The van der Waals surface area contributed by atoms with E-state index in [1.807, 2.05) is 0 Å². The molecule has 4 rings (SSSR count). The Kier molecular flexibility index (Phi) is 4.86. The molecule has 0 spiro atoms. The molecule has 1 aliphatic rings. The number of piperazine rings is 1. The molecule has 1 aromatic carbocycles. The van der Waals surface area contributed by atoms with Crippen LogP contribution in [0.25, 0.3) is 21.3 Å². The molecule has 0 unspecified atom stereocenters. The molecule has 0 bridgehead atoms. The summed E-state index contributed by atoms with van der Waals surface area (Å²) >= 11 is 7.97. The van der Waals surface area contributed by atoms with Crippen LogP contribution in [0.15, 0.2) is 24.3 Å². The van der Waals surface area contributed by atoms with Gasteiger partial charge in [-0.15, -0.1) is 11.3 Å². The van der Waals surface area contributed by atoms with Crippen molar-refractivity contribution in [3.05, 3.63) is 40.0 Å². The molecular formula is C20H23ClN4S. The van der Waals surface area contributed by atoms with Crippen molar-refractivity contribution in [3.63, 3.8) is 0 Å².